The van der Waals surface area contributed by atoms with Gasteiger partial charge in [-0.3, -0.25) is 4.79 Å². The first kappa shape index (κ1) is 8.16. The summed E-state index contributed by atoms with van der Waals surface area (Å²) in [6.07, 6.45) is -0.122. The Hall–Kier alpha value is -0.450. The van der Waals surface area contributed by atoms with E-state index in [1.54, 1.807) is 7.11 Å². The summed E-state index contributed by atoms with van der Waals surface area (Å²) in [5, 5.41) is 0. The Kier molecular flexibility index (Phi) is 1.90. The van der Waals surface area contributed by atoms with Crippen molar-refractivity contribution in [2.24, 2.45) is 0 Å². The third-order valence-corrected chi connectivity index (χ3v) is 2.58. The van der Waals surface area contributed by atoms with Crippen LogP contribution in [0.15, 0.2) is 0 Å². The maximum atomic E-state index is 11.4. The van der Waals surface area contributed by atoms with Crippen molar-refractivity contribution in [3.63, 3.8) is 0 Å². The Balaban J connectivity index is 2.12. The Morgan fingerprint density at radius 3 is 2.67 bits per heavy atom. The molecule has 0 amide bonds. The van der Waals surface area contributed by atoms with Gasteiger partial charge in [-0.15, -0.1) is 0 Å². The minimum Gasteiger partial charge on any atom is -0.378 e. The second-order valence-corrected chi connectivity index (χ2v) is 3.16. The van der Waals surface area contributed by atoms with Crippen molar-refractivity contribution in [1.29, 1.82) is 0 Å². The molecule has 2 aliphatic rings. The average Bonchev–Trinajstić information content (AvgIpc) is 2.60. The minimum absolute atomic E-state index is 0.0283. The highest BCUT2D eigenvalue weighted by molar-refractivity contribution is 5.91. The summed E-state index contributed by atoms with van der Waals surface area (Å²) in [7, 11) is 3.14. The largest absolute Gasteiger partial charge is 0.378 e. The van der Waals surface area contributed by atoms with Crippen molar-refractivity contribution in [3.05, 3.63) is 0 Å². The molecular weight excluding hydrogens is 160 g/mol. The Morgan fingerprint density at radius 2 is 2.17 bits per heavy atom. The molecule has 0 aliphatic carbocycles. The van der Waals surface area contributed by atoms with Crippen LogP contribution in [-0.4, -0.2) is 44.4 Å². The summed E-state index contributed by atoms with van der Waals surface area (Å²) in [6, 6.07) is 0. The number of ether oxygens (including phenoxy) is 3. The zero-order chi connectivity index (χ0) is 8.72. The fourth-order valence-electron chi connectivity index (χ4n) is 1.96. The molecular formula is C8H12O4. The van der Waals surface area contributed by atoms with Gasteiger partial charge in [0.1, 0.15) is 12.2 Å². The molecule has 0 aromatic carbocycles. The predicted molar refractivity (Wildman–Crippen MR) is 39.9 cm³/mol. The van der Waals surface area contributed by atoms with Crippen LogP contribution in [-0.2, 0) is 19.0 Å². The van der Waals surface area contributed by atoms with Gasteiger partial charge in [0.2, 0.25) is 0 Å². The van der Waals surface area contributed by atoms with Gasteiger partial charge < -0.3 is 14.2 Å². The summed E-state index contributed by atoms with van der Waals surface area (Å²) >= 11 is 0. The van der Waals surface area contributed by atoms with Crippen molar-refractivity contribution in [2.75, 3.05) is 14.2 Å². The number of hydrogen-bond donors (Lipinski definition) is 0. The predicted octanol–water partition coefficient (Wildman–Crippen LogP) is -0.243. The molecule has 2 bridgehead atoms. The van der Waals surface area contributed by atoms with Crippen molar-refractivity contribution in [2.45, 2.75) is 30.8 Å². The van der Waals surface area contributed by atoms with Gasteiger partial charge in [-0.2, -0.15) is 0 Å². The molecule has 0 spiro atoms. The molecule has 4 nitrogen and oxygen atoms in total. The van der Waals surface area contributed by atoms with Gasteiger partial charge in [0.25, 0.3) is 0 Å². The minimum atomic E-state index is -0.384. The number of rotatable bonds is 2. The van der Waals surface area contributed by atoms with Gasteiger partial charge in [0.05, 0.1) is 12.2 Å². The molecule has 2 heterocycles. The van der Waals surface area contributed by atoms with Gasteiger partial charge in [-0.25, -0.2) is 0 Å². The van der Waals surface area contributed by atoms with E-state index in [4.69, 9.17) is 14.2 Å². The second-order valence-electron chi connectivity index (χ2n) is 3.16. The topological polar surface area (TPSA) is 44.8 Å². The van der Waals surface area contributed by atoms with Crippen LogP contribution in [0.5, 0.6) is 0 Å². The van der Waals surface area contributed by atoms with E-state index >= 15 is 0 Å². The second kappa shape index (κ2) is 2.80. The Labute approximate surface area is 70.8 Å². The molecule has 0 radical (unpaired) electrons. The Morgan fingerprint density at radius 1 is 1.42 bits per heavy atom. The molecule has 0 N–H and O–H groups in total. The molecule has 4 unspecified atom stereocenters. The molecule has 4 atom stereocenters. The summed E-state index contributed by atoms with van der Waals surface area (Å²) in [6.45, 7) is 0. The van der Waals surface area contributed by atoms with Crippen molar-refractivity contribution >= 4 is 5.78 Å². The highest BCUT2D eigenvalue weighted by Gasteiger charge is 2.54. The first-order valence-corrected chi connectivity index (χ1v) is 4.02. The maximum absolute atomic E-state index is 11.4. The van der Waals surface area contributed by atoms with Gasteiger partial charge in [0, 0.05) is 20.6 Å². The highest BCUT2D eigenvalue weighted by Crippen LogP contribution is 2.34. The van der Waals surface area contributed by atoms with Crippen LogP contribution in [0.2, 0.25) is 0 Å². The van der Waals surface area contributed by atoms with Crippen molar-refractivity contribution in [1.82, 2.24) is 0 Å². The first-order chi connectivity index (χ1) is 5.77. The van der Waals surface area contributed by atoms with Crippen LogP contribution in [0.4, 0.5) is 0 Å². The zero-order valence-corrected chi connectivity index (χ0v) is 7.15. The van der Waals surface area contributed by atoms with E-state index in [1.165, 1.54) is 7.11 Å². The van der Waals surface area contributed by atoms with Crippen LogP contribution in [0, 0.1) is 0 Å². The molecule has 0 aromatic rings. The SMILES string of the molecule is COC1CC2OC1C(=O)C2OC. The average molecular weight is 172 g/mol. The summed E-state index contributed by atoms with van der Waals surface area (Å²) in [5.41, 5.74) is 0. The lowest BCUT2D eigenvalue weighted by Gasteiger charge is -2.20. The molecule has 2 aliphatic heterocycles. The lowest BCUT2D eigenvalue weighted by atomic mass is 9.94. The van der Waals surface area contributed by atoms with E-state index in [0.29, 0.717) is 0 Å². The first-order valence-electron chi connectivity index (χ1n) is 4.02. The fraction of sp³-hybridized carbons (Fsp3) is 0.875. The fourth-order valence-corrected chi connectivity index (χ4v) is 1.96. The van der Waals surface area contributed by atoms with Crippen LogP contribution in [0.3, 0.4) is 0 Å². The van der Waals surface area contributed by atoms with E-state index < -0.39 is 0 Å². The maximum Gasteiger partial charge on any atom is 0.195 e. The quantitative estimate of drug-likeness (QED) is 0.576. The number of Topliss-reactive ketones (excluding diaryl/α,β-unsaturated/α-hetero) is 1. The van der Waals surface area contributed by atoms with E-state index in [9.17, 15) is 4.79 Å². The zero-order valence-electron chi connectivity index (χ0n) is 7.15. The number of fused-ring (bicyclic) bond motifs is 2. The van der Waals surface area contributed by atoms with Gasteiger partial charge in [-0.05, 0) is 0 Å². The number of carbonyl (C=O) groups is 1. The summed E-state index contributed by atoms with van der Waals surface area (Å²) in [5.74, 6) is 0.0283. The van der Waals surface area contributed by atoms with Crippen LogP contribution >= 0.6 is 0 Å². The lowest BCUT2D eigenvalue weighted by Crippen LogP contribution is -2.41. The normalized spacial score (nSPS) is 45.7. The number of hydrogen-bond acceptors (Lipinski definition) is 4. The third-order valence-electron chi connectivity index (χ3n) is 2.58. The van der Waals surface area contributed by atoms with E-state index in [1.807, 2.05) is 0 Å². The van der Waals surface area contributed by atoms with Crippen LogP contribution < -0.4 is 0 Å². The standard InChI is InChI=1S/C8H12O4/c1-10-4-3-5-7(11-2)6(9)8(4)12-5/h4-5,7-8H,3H2,1-2H3. The molecule has 2 saturated heterocycles. The lowest BCUT2D eigenvalue weighted by molar-refractivity contribution is -0.133. The molecule has 4 heteroatoms. The summed E-state index contributed by atoms with van der Waals surface area (Å²) in [4.78, 5) is 11.4. The molecule has 2 fully saturated rings. The molecule has 0 aromatic heterocycles. The van der Waals surface area contributed by atoms with Gasteiger partial charge >= 0.3 is 0 Å². The molecule has 0 saturated carbocycles. The van der Waals surface area contributed by atoms with E-state index in [2.05, 4.69) is 0 Å². The van der Waals surface area contributed by atoms with Crippen molar-refractivity contribution < 1.29 is 19.0 Å². The highest BCUT2D eigenvalue weighted by atomic mass is 16.6. The third kappa shape index (κ3) is 0.920. The molecule has 68 valence electrons. The molecule has 12 heavy (non-hydrogen) atoms. The number of carbonyl (C=O) groups excluding carboxylic acids is 1. The molecule has 2 rings (SSSR count). The number of methoxy groups -OCH3 is 2. The van der Waals surface area contributed by atoms with Gasteiger partial charge in [-0.1, -0.05) is 0 Å². The van der Waals surface area contributed by atoms with E-state index in [0.717, 1.165) is 6.42 Å². The number of ketones is 1. The van der Waals surface area contributed by atoms with Crippen LogP contribution in [0.1, 0.15) is 6.42 Å². The summed E-state index contributed by atoms with van der Waals surface area (Å²) < 4.78 is 15.5. The smallest absolute Gasteiger partial charge is 0.195 e. The van der Waals surface area contributed by atoms with E-state index in [-0.39, 0.29) is 30.2 Å². The Bertz CT molecular complexity index is 203. The van der Waals surface area contributed by atoms with Crippen LogP contribution in [0.25, 0.3) is 0 Å². The monoisotopic (exact) mass is 172 g/mol. The van der Waals surface area contributed by atoms with Crippen molar-refractivity contribution in [3.8, 4) is 0 Å². The van der Waals surface area contributed by atoms with Gasteiger partial charge in [0.15, 0.2) is 5.78 Å².